The van der Waals surface area contributed by atoms with E-state index in [4.69, 9.17) is 4.74 Å². The minimum absolute atomic E-state index is 0.0207. The molecule has 1 aromatic carbocycles. The fourth-order valence-electron chi connectivity index (χ4n) is 2.72. The minimum atomic E-state index is -4.56. The second kappa shape index (κ2) is 7.80. The first kappa shape index (κ1) is 18.5. The first-order chi connectivity index (χ1) is 11.3. The van der Waals surface area contributed by atoms with Crippen LogP contribution >= 0.6 is 0 Å². The molecule has 1 aliphatic heterocycles. The Labute approximate surface area is 137 Å². The summed E-state index contributed by atoms with van der Waals surface area (Å²) >= 11 is 0. The smallest absolute Gasteiger partial charge is 0.414 e. The molecule has 1 atom stereocenters. The lowest BCUT2D eigenvalue weighted by Crippen LogP contribution is -2.44. The Balaban J connectivity index is 1.70. The van der Waals surface area contributed by atoms with Gasteiger partial charge in [-0.25, -0.2) is 0 Å². The van der Waals surface area contributed by atoms with Crippen LogP contribution in [0.15, 0.2) is 24.3 Å². The fourth-order valence-corrected chi connectivity index (χ4v) is 2.72. The van der Waals surface area contributed by atoms with Gasteiger partial charge in [0.15, 0.2) is 6.10 Å². The Morgan fingerprint density at radius 2 is 1.88 bits per heavy atom. The van der Waals surface area contributed by atoms with Gasteiger partial charge in [0.2, 0.25) is 0 Å². The highest BCUT2D eigenvalue weighted by molar-refractivity contribution is 5.35. The van der Waals surface area contributed by atoms with Crippen LogP contribution < -0.4 is 4.74 Å². The minimum Gasteiger partial charge on any atom is -0.492 e. The van der Waals surface area contributed by atoms with E-state index in [1.807, 2.05) is 4.90 Å². The van der Waals surface area contributed by atoms with Crippen molar-refractivity contribution in [2.45, 2.75) is 25.1 Å². The van der Waals surface area contributed by atoms with Gasteiger partial charge in [-0.15, -0.1) is 0 Å². The predicted octanol–water partition coefficient (Wildman–Crippen LogP) is 2.61. The summed E-state index contributed by atoms with van der Waals surface area (Å²) in [7, 11) is 0. The van der Waals surface area contributed by atoms with E-state index in [-0.39, 0.29) is 18.5 Å². The van der Waals surface area contributed by atoms with Crippen molar-refractivity contribution in [1.82, 2.24) is 4.90 Å². The Kier molecular flexibility index (Phi) is 6.00. The Bertz CT molecular complexity index is 543. The van der Waals surface area contributed by atoms with Crippen LogP contribution in [0.1, 0.15) is 12.8 Å². The number of benzene rings is 1. The largest absolute Gasteiger partial charge is 0.492 e. The van der Waals surface area contributed by atoms with Crippen molar-refractivity contribution in [2.24, 2.45) is 5.92 Å². The third-order valence-electron chi connectivity index (χ3n) is 4.14. The highest BCUT2D eigenvalue weighted by Crippen LogP contribution is 2.31. The van der Waals surface area contributed by atoms with Gasteiger partial charge < -0.3 is 9.84 Å². The third kappa shape index (κ3) is 5.07. The molecule has 0 bridgehead atoms. The van der Waals surface area contributed by atoms with Crippen LogP contribution in [0.3, 0.4) is 0 Å². The number of likely N-dealkylation sites (tertiary alicyclic amines) is 1. The quantitative estimate of drug-likeness (QED) is 0.632. The van der Waals surface area contributed by atoms with Crippen LogP contribution in [0.5, 0.6) is 5.75 Å². The normalized spacial score (nSPS) is 18.3. The van der Waals surface area contributed by atoms with Gasteiger partial charge in [0, 0.05) is 18.7 Å². The molecule has 1 N–H and O–H groups in total. The van der Waals surface area contributed by atoms with Crippen LogP contribution in [-0.4, -0.2) is 53.5 Å². The fraction of sp³-hybridized carbons (Fsp3) is 0.600. The lowest BCUT2D eigenvalue weighted by molar-refractivity contribution is -0.384. The summed E-state index contributed by atoms with van der Waals surface area (Å²) in [4.78, 5) is 12.0. The predicted molar refractivity (Wildman–Crippen MR) is 79.8 cm³/mol. The number of nitrogens with zero attached hydrogens (tertiary/aromatic N) is 2. The monoisotopic (exact) mass is 348 g/mol. The van der Waals surface area contributed by atoms with Crippen molar-refractivity contribution in [2.75, 3.05) is 26.2 Å². The van der Waals surface area contributed by atoms with Gasteiger partial charge in [-0.3, -0.25) is 15.0 Å². The summed E-state index contributed by atoms with van der Waals surface area (Å²) < 4.78 is 42.9. The van der Waals surface area contributed by atoms with E-state index in [2.05, 4.69) is 0 Å². The van der Waals surface area contributed by atoms with Crippen molar-refractivity contribution >= 4 is 5.69 Å². The Hall–Kier alpha value is -1.87. The first-order valence-electron chi connectivity index (χ1n) is 7.62. The number of hydrogen-bond acceptors (Lipinski definition) is 5. The standard InChI is InChI=1S/C15H19F3N2O4/c16-15(17,18)14(21)11-5-7-19(8-6-11)9-10-24-13-3-1-12(2-4-13)20(22)23/h1-4,11,14,21H,5-10H2. The number of rotatable bonds is 6. The summed E-state index contributed by atoms with van der Waals surface area (Å²) in [5.41, 5.74) is -0.0207. The van der Waals surface area contributed by atoms with Gasteiger partial charge in [-0.1, -0.05) is 0 Å². The van der Waals surface area contributed by atoms with Gasteiger partial charge in [0.05, 0.1) is 4.92 Å². The summed E-state index contributed by atoms with van der Waals surface area (Å²) in [6, 6.07) is 5.70. The molecule has 1 heterocycles. The van der Waals surface area contributed by atoms with Crippen LogP contribution in [0.25, 0.3) is 0 Å². The second-order valence-corrected chi connectivity index (χ2v) is 5.76. The average Bonchev–Trinajstić information content (AvgIpc) is 2.54. The molecule has 1 unspecified atom stereocenters. The maximum absolute atomic E-state index is 12.5. The molecule has 0 amide bonds. The van der Waals surface area contributed by atoms with Crippen LogP contribution in [0, 0.1) is 16.0 Å². The molecule has 9 heteroatoms. The zero-order valence-electron chi connectivity index (χ0n) is 12.9. The summed E-state index contributed by atoms with van der Waals surface area (Å²) in [6.07, 6.45) is -6.24. The lowest BCUT2D eigenvalue weighted by Gasteiger charge is -2.34. The van der Waals surface area contributed by atoms with E-state index in [9.17, 15) is 28.4 Å². The number of nitro benzene ring substituents is 1. The molecule has 1 aromatic rings. The highest BCUT2D eigenvalue weighted by atomic mass is 19.4. The first-order valence-corrected chi connectivity index (χ1v) is 7.62. The topological polar surface area (TPSA) is 75.8 Å². The van der Waals surface area contributed by atoms with Crippen LogP contribution in [-0.2, 0) is 0 Å². The molecule has 0 radical (unpaired) electrons. The van der Waals surface area contributed by atoms with E-state index >= 15 is 0 Å². The Morgan fingerprint density at radius 3 is 2.38 bits per heavy atom. The molecule has 1 fully saturated rings. The molecule has 1 saturated heterocycles. The summed E-state index contributed by atoms with van der Waals surface area (Å²) in [5.74, 6) is -0.250. The molecule has 2 rings (SSSR count). The SMILES string of the molecule is O=[N+]([O-])c1ccc(OCCN2CCC(C(O)C(F)(F)F)CC2)cc1. The number of piperidine rings is 1. The summed E-state index contributed by atoms with van der Waals surface area (Å²) in [6.45, 7) is 1.83. The number of hydrogen-bond donors (Lipinski definition) is 1. The highest BCUT2D eigenvalue weighted by Gasteiger charge is 2.44. The molecule has 1 aliphatic rings. The Morgan fingerprint density at radius 1 is 1.29 bits per heavy atom. The van der Waals surface area contributed by atoms with Crippen molar-refractivity contribution in [1.29, 1.82) is 0 Å². The molecule has 24 heavy (non-hydrogen) atoms. The lowest BCUT2D eigenvalue weighted by atomic mass is 9.91. The van der Waals surface area contributed by atoms with E-state index in [0.29, 0.717) is 32.0 Å². The number of aliphatic hydroxyl groups excluding tert-OH is 1. The van der Waals surface area contributed by atoms with E-state index in [1.54, 1.807) is 0 Å². The molecular formula is C15H19F3N2O4. The zero-order chi connectivity index (χ0) is 17.7. The molecule has 6 nitrogen and oxygen atoms in total. The molecular weight excluding hydrogens is 329 g/mol. The number of nitro groups is 1. The molecule has 134 valence electrons. The molecule has 0 aliphatic carbocycles. The van der Waals surface area contributed by atoms with E-state index in [0.717, 1.165) is 0 Å². The van der Waals surface area contributed by atoms with Gasteiger partial charge in [0.1, 0.15) is 12.4 Å². The van der Waals surface area contributed by atoms with Gasteiger partial charge >= 0.3 is 6.18 Å². The van der Waals surface area contributed by atoms with Crippen molar-refractivity contribution in [3.8, 4) is 5.75 Å². The number of halogens is 3. The summed E-state index contributed by atoms with van der Waals surface area (Å²) in [5, 5.41) is 19.8. The maximum Gasteiger partial charge on any atom is 0.414 e. The number of ether oxygens (including phenoxy) is 1. The second-order valence-electron chi connectivity index (χ2n) is 5.76. The van der Waals surface area contributed by atoms with Crippen LogP contribution in [0.4, 0.5) is 18.9 Å². The number of non-ortho nitro benzene ring substituents is 1. The number of aliphatic hydroxyl groups is 1. The van der Waals surface area contributed by atoms with Crippen LogP contribution in [0.2, 0.25) is 0 Å². The van der Waals surface area contributed by atoms with E-state index < -0.39 is 23.1 Å². The van der Waals surface area contributed by atoms with Gasteiger partial charge in [-0.05, 0) is 44.0 Å². The zero-order valence-corrected chi connectivity index (χ0v) is 12.9. The van der Waals surface area contributed by atoms with E-state index in [1.165, 1.54) is 24.3 Å². The molecule has 0 aromatic heterocycles. The molecule has 0 spiro atoms. The maximum atomic E-state index is 12.5. The van der Waals surface area contributed by atoms with Crippen molar-refractivity contribution in [3.05, 3.63) is 34.4 Å². The van der Waals surface area contributed by atoms with Crippen molar-refractivity contribution < 1.29 is 27.9 Å². The third-order valence-corrected chi connectivity index (χ3v) is 4.14. The number of alkyl halides is 3. The average molecular weight is 348 g/mol. The van der Waals surface area contributed by atoms with Gasteiger partial charge in [-0.2, -0.15) is 13.2 Å². The molecule has 0 saturated carbocycles. The van der Waals surface area contributed by atoms with Crippen molar-refractivity contribution in [3.63, 3.8) is 0 Å². The van der Waals surface area contributed by atoms with Gasteiger partial charge in [0.25, 0.3) is 5.69 Å².